The molecule has 0 amide bonds. The lowest BCUT2D eigenvalue weighted by atomic mass is 10.0. The van der Waals surface area contributed by atoms with Crippen molar-refractivity contribution in [2.24, 2.45) is 0 Å². The minimum Gasteiger partial charge on any atom is -0.381 e. The van der Waals surface area contributed by atoms with Crippen molar-refractivity contribution < 1.29 is 0 Å². The maximum absolute atomic E-state index is 5.73. The molecule has 0 saturated heterocycles. The van der Waals surface area contributed by atoms with Crippen molar-refractivity contribution in [1.82, 2.24) is 9.97 Å². The first-order chi connectivity index (χ1) is 7.67. The second kappa shape index (κ2) is 5.94. The van der Waals surface area contributed by atoms with Crippen LogP contribution in [0.4, 0.5) is 11.6 Å². The highest BCUT2D eigenvalue weighted by Gasteiger charge is 2.24. The smallest absolute Gasteiger partial charge is 0.168 e. The molecule has 0 spiro atoms. The van der Waals surface area contributed by atoms with Crippen LogP contribution in [0.1, 0.15) is 26.7 Å². The number of hydrogen-bond acceptors (Lipinski definition) is 5. The second-order valence-corrected chi connectivity index (χ2v) is 5.01. The highest BCUT2D eigenvalue weighted by atomic mass is 32.2. The predicted octanol–water partition coefficient (Wildman–Crippen LogP) is 2.39. The fourth-order valence-corrected chi connectivity index (χ4v) is 2.38. The van der Waals surface area contributed by atoms with E-state index in [1.807, 2.05) is 11.8 Å². The minimum atomic E-state index is 0.254. The molecular weight excluding hydrogens is 220 g/mol. The van der Waals surface area contributed by atoms with E-state index in [2.05, 4.69) is 35.4 Å². The monoisotopic (exact) mass is 240 g/mol. The molecule has 1 aromatic rings. The van der Waals surface area contributed by atoms with E-state index in [1.165, 1.54) is 0 Å². The minimum absolute atomic E-state index is 0.254. The average Bonchev–Trinajstić information content (AvgIpc) is 2.34. The number of aromatic nitrogens is 2. The Morgan fingerprint density at radius 3 is 2.44 bits per heavy atom. The molecule has 16 heavy (non-hydrogen) atoms. The first-order valence-electron chi connectivity index (χ1n) is 5.53. The third-order valence-corrected chi connectivity index (χ3v) is 4.61. The maximum atomic E-state index is 5.73. The Bertz CT molecular complexity index is 317. The van der Waals surface area contributed by atoms with Gasteiger partial charge in [-0.25, -0.2) is 9.97 Å². The third-order valence-electron chi connectivity index (χ3n) is 3.03. The van der Waals surface area contributed by atoms with Crippen LogP contribution in [0.2, 0.25) is 0 Å². The van der Waals surface area contributed by atoms with Crippen molar-refractivity contribution >= 4 is 23.4 Å². The number of thioether (sulfide) groups is 1. The van der Waals surface area contributed by atoms with Gasteiger partial charge in [-0.15, -0.1) is 0 Å². The third kappa shape index (κ3) is 3.01. The summed E-state index contributed by atoms with van der Waals surface area (Å²) in [6.45, 7) is 5.29. The molecule has 90 valence electrons. The molecule has 0 aliphatic carbocycles. The molecule has 1 aromatic heterocycles. The molecule has 0 fully saturated rings. The lowest BCUT2D eigenvalue weighted by molar-refractivity contribution is 0.574. The Morgan fingerprint density at radius 1 is 1.31 bits per heavy atom. The molecule has 0 aromatic carbocycles. The summed E-state index contributed by atoms with van der Waals surface area (Å²) in [7, 11) is 0. The van der Waals surface area contributed by atoms with Gasteiger partial charge in [0, 0.05) is 23.7 Å². The molecule has 0 saturated carbocycles. The van der Waals surface area contributed by atoms with Crippen molar-refractivity contribution in [2.45, 2.75) is 31.4 Å². The number of rotatable bonds is 6. The summed E-state index contributed by atoms with van der Waals surface area (Å²) >= 11 is 1.89. The van der Waals surface area contributed by atoms with Crippen LogP contribution in [0.5, 0.6) is 0 Å². The van der Waals surface area contributed by atoms with E-state index < -0.39 is 0 Å². The highest BCUT2D eigenvalue weighted by Crippen LogP contribution is 2.30. The number of nitrogens with zero attached hydrogens (tertiary/aromatic N) is 2. The molecule has 1 rings (SSSR count). The Morgan fingerprint density at radius 2 is 1.94 bits per heavy atom. The van der Waals surface area contributed by atoms with Crippen molar-refractivity contribution in [3.8, 4) is 0 Å². The van der Waals surface area contributed by atoms with Gasteiger partial charge in [0.25, 0.3) is 0 Å². The van der Waals surface area contributed by atoms with E-state index in [1.54, 1.807) is 12.4 Å². The summed E-state index contributed by atoms with van der Waals surface area (Å²) in [5.74, 6) is 1.15. The number of nitrogen functional groups attached to an aromatic ring is 1. The normalized spacial score (nSPS) is 11.4. The van der Waals surface area contributed by atoms with E-state index in [0.29, 0.717) is 11.6 Å². The largest absolute Gasteiger partial charge is 0.381 e. The molecule has 0 aliphatic rings. The first-order valence-corrected chi connectivity index (χ1v) is 6.75. The Hall–Kier alpha value is -0.970. The summed E-state index contributed by atoms with van der Waals surface area (Å²) in [6, 6.07) is 0. The van der Waals surface area contributed by atoms with Crippen LogP contribution in [0.25, 0.3) is 0 Å². The molecule has 0 atom stereocenters. The van der Waals surface area contributed by atoms with E-state index >= 15 is 0 Å². The Labute approximate surface area is 101 Å². The van der Waals surface area contributed by atoms with Gasteiger partial charge in [-0.05, 0) is 19.1 Å². The van der Waals surface area contributed by atoms with Crippen LogP contribution in [-0.4, -0.2) is 27.5 Å². The van der Waals surface area contributed by atoms with Gasteiger partial charge < -0.3 is 11.1 Å². The van der Waals surface area contributed by atoms with Crippen molar-refractivity contribution in [3.05, 3.63) is 12.4 Å². The SMILES string of the molecule is CCC(CC)(CNc1nccnc1N)SC. The summed E-state index contributed by atoms with van der Waals surface area (Å²) in [4.78, 5) is 8.18. The summed E-state index contributed by atoms with van der Waals surface area (Å²) in [5, 5.41) is 3.29. The van der Waals surface area contributed by atoms with E-state index in [-0.39, 0.29) is 4.75 Å². The molecular formula is C11H20N4S. The van der Waals surface area contributed by atoms with Crippen LogP contribution in [-0.2, 0) is 0 Å². The number of nitrogens with two attached hydrogens (primary N) is 1. The predicted molar refractivity (Wildman–Crippen MR) is 71.8 cm³/mol. The molecule has 0 bridgehead atoms. The molecule has 0 aliphatic heterocycles. The highest BCUT2D eigenvalue weighted by molar-refractivity contribution is 8.00. The van der Waals surface area contributed by atoms with Gasteiger partial charge in [-0.1, -0.05) is 13.8 Å². The molecule has 0 unspecified atom stereocenters. The van der Waals surface area contributed by atoms with E-state index in [9.17, 15) is 0 Å². The van der Waals surface area contributed by atoms with E-state index in [4.69, 9.17) is 5.73 Å². The lowest BCUT2D eigenvalue weighted by Gasteiger charge is -2.30. The average molecular weight is 240 g/mol. The molecule has 3 N–H and O–H groups in total. The standard InChI is InChI=1S/C11H20N4S/c1-4-11(5-2,16-3)8-15-10-9(12)13-6-7-14-10/h6-7H,4-5,8H2,1-3H3,(H2,12,13)(H,14,15). The van der Waals surface area contributed by atoms with Gasteiger partial charge in [0.05, 0.1) is 0 Å². The van der Waals surface area contributed by atoms with Gasteiger partial charge in [0.2, 0.25) is 0 Å². The fraction of sp³-hybridized carbons (Fsp3) is 0.636. The molecule has 4 nitrogen and oxygen atoms in total. The lowest BCUT2D eigenvalue weighted by Crippen LogP contribution is -2.32. The Kier molecular flexibility index (Phi) is 4.86. The molecule has 5 heteroatoms. The topological polar surface area (TPSA) is 63.8 Å². The van der Waals surface area contributed by atoms with Gasteiger partial charge in [-0.2, -0.15) is 11.8 Å². The van der Waals surface area contributed by atoms with Gasteiger partial charge in [0.15, 0.2) is 11.6 Å². The quantitative estimate of drug-likeness (QED) is 0.799. The Balaban J connectivity index is 2.66. The second-order valence-electron chi connectivity index (χ2n) is 3.74. The zero-order chi connectivity index (χ0) is 12.0. The zero-order valence-electron chi connectivity index (χ0n) is 10.2. The van der Waals surface area contributed by atoms with Gasteiger partial charge >= 0.3 is 0 Å². The fourth-order valence-electron chi connectivity index (χ4n) is 1.59. The van der Waals surface area contributed by atoms with Crippen molar-refractivity contribution in [3.63, 3.8) is 0 Å². The van der Waals surface area contributed by atoms with Crippen LogP contribution >= 0.6 is 11.8 Å². The number of anilines is 2. The summed E-state index contributed by atoms with van der Waals surface area (Å²) in [6.07, 6.45) is 7.64. The maximum Gasteiger partial charge on any atom is 0.168 e. The summed E-state index contributed by atoms with van der Waals surface area (Å²) in [5.41, 5.74) is 5.73. The zero-order valence-corrected chi connectivity index (χ0v) is 11.0. The van der Waals surface area contributed by atoms with Crippen LogP contribution in [0, 0.1) is 0 Å². The van der Waals surface area contributed by atoms with Crippen LogP contribution in [0.3, 0.4) is 0 Å². The summed E-state index contributed by atoms with van der Waals surface area (Å²) < 4.78 is 0.254. The van der Waals surface area contributed by atoms with Crippen molar-refractivity contribution in [2.75, 3.05) is 23.9 Å². The van der Waals surface area contributed by atoms with Crippen molar-refractivity contribution in [1.29, 1.82) is 0 Å². The van der Waals surface area contributed by atoms with Crippen LogP contribution < -0.4 is 11.1 Å². The number of hydrogen-bond donors (Lipinski definition) is 2. The van der Waals surface area contributed by atoms with Gasteiger partial charge in [-0.3, -0.25) is 0 Å². The van der Waals surface area contributed by atoms with Crippen LogP contribution in [0.15, 0.2) is 12.4 Å². The molecule has 1 heterocycles. The number of nitrogens with one attached hydrogen (secondary N) is 1. The van der Waals surface area contributed by atoms with Gasteiger partial charge in [0.1, 0.15) is 0 Å². The first kappa shape index (κ1) is 13.1. The van der Waals surface area contributed by atoms with E-state index in [0.717, 1.165) is 19.4 Å². The molecule has 0 radical (unpaired) electrons.